The minimum absolute atomic E-state index is 0.0924. The Morgan fingerprint density at radius 2 is 2.11 bits per heavy atom. The molecule has 94 valence electrons. The van der Waals surface area contributed by atoms with Crippen LogP contribution in [0.25, 0.3) is 0 Å². The van der Waals surface area contributed by atoms with Crippen LogP contribution in [-0.2, 0) is 0 Å². The van der Waals surface area contributed by atoms with Crippen molar-refractivity contribution in [2.45, 2.75) is 6.43 Å². The van der Waals surface area contributed by atoms with Gasteiger partial charge in [-0.15, -0.1) is 0 Å². The molecule has 0 aliphatic heterocycles. The lowest BCUT2D eigenvalue weighted by Gasteiger charge is -2.07. The molecule has 0 spiro atoms. The molecule has 1 aromatic heterocycles. The maximum atomic E-state index is 12.5. The number of nitrogens with zero attached hydrogens (tertiary/aromatic N) is 2. The highest BCUT2D eigenvalue weighted by molar-refractivity contribution is 5.35. The number of halogens is 2. The number of nitrogens with one attached hydrogen (secondary N) is 1. The lowest BCUT2D eigenvalue weighted by atomic mass is 10.2. The van der Waals surface area contributed by atoms with Crippen molar-refractivity contribution in [3.63, 3.8) is 0 Å². The second-order valence-electron chi connectivity index (χ2n) is 3.47. The third-order valence-electron chi connectivity index (χ3n) is 2.20. The first-order valence-electron chi connectivity index (χ1n) is 5.25. The molecule has 0 radical (unpaired) electrons. The number of benzene rings is 1. The SMILES string of the molecule is CNc1cncc(Oc2cccc(C(F)F)c2)n1. The summed E-state index contributed by atoms with van der Waals surface area (Å²) in [5, 5.41) is 2.81. The van der Waals surface area contributed by atoms with Gasteiger partial charge in [-0.1, -0.05) is 12.1 Å². The van der Waals surface area contributed by atoms with E-state index in [1.807, 2.05) is 0 Å². The highest BCUT2D eigenvalue weighted by Gasteiger charge is 2.08. The first kappa shape index (κ1) is 12.2. The average Bonchev–Trinajstić information content (AvgIpc) is 2.39. The van der Waals surface area contributed by atoms with Crippen LogP contribution in [0.5, 0.6) is 11.6 Å². The monoisotopic (exact) mass is 251 g/mol. The molecule has 18 heavy (non-hydrogen) atoms. The summed E-state index contributed by atoms with van der Waals surface area (Å²) in [7, 11) is 1.70. The van der Waals surface area contributed by atoms with Gasteiger partial charge in [-0.25, -0.2) is 8.78 Å². The van der Waals surface area contributed by atoms with E-state index in [2.05, 4.69) is 15.3 Å². The molecule has 0 aliphatic carbocycles. The van der Waals surface area contributed by atoms with Crippen LogP contribution < -0.4 is 10.1 Å². The van der Waals surface area contributed by atoms with E-state index >= 15 is 0 Å². The van der Waals surface area contributed by atoms with Crippen LogP contribution in [-0.4, -0.2) is 17.0 Å². The molecule has 0 saturated heterocycles. The molecule has 4 nitrogen and oxygen atoms in total. The van der Waals surface area contributed by atoms with Gasteiger partial charge < -0.3 is 10.1 Å². The van der Waals surface area contributed by atoms with E-state index in [1.54, 1.807) is 13.1 Å². The normalized spacial score (nSPS) is 10.4. The summed E-state index contributed by atoms with van der Waals surface area (Å²) in [4.78, 5) is 7.99. The van der Waals surface area contributed by atoms with Gasteiger partial charge in [0.1, 0.15) is 11.6 Å². The number of hydrogen-bond donors (Lipinski definition) is 1. The smallest absolute Gasteiger partial charge is 0.263 e. The molecule has 0 saturated carbocycles. The quantitative estimate of drug-likeness (QED) is 0.906. The van der Waals surface area contributed by atoms with Gasteiger partial charge >= 0.3 is 0 Å². The minimum Gasteiger partial charge on any atom is -0.437 e. The summed E-state index contributed by atoms with van der Waals surface area (Å²) in [6.45, 7) is 0. The summed E-state index contributed by atoms with van der Waals surface area (Å²) >= 11 is 0. The predicted octanol–water partition coefficient (Wildman–Crippen LogP) is 3.25. The fraction of sp³-hybridized carbons (Fsp3) is 0.167. The van der Waals surface area contributed by atoms with Crippen LogP contribution in [0, 0.1) is 0 Å². The molecule has 1 aromatic carbocycles. The van der Waals surface area contributed by atoms with Crippen LogP contribution in [0.15, 0.2) is 36.7 Å². The summed E-state index contributed by atoms with van der Waals surface area (Å²) in [5.41, 5.74) is -0.0924. The topological polar surface area (TPSA) is 47.0 Å². The highest BCUT2D eigenvalue weighted by Crippen LogP contribution is 2.25. The van der Waals surface area contributed by atoms with Gasteiger partial charge in [0, 0.05) is 12.6 Å². The molecule has 0 aliphatic rings. The largest absolute Gasteiger partial charge is 0.437 e. The lowest BCUT2D eigenvalue weighted by molar-refractivity contribution is 0.151. The second-order valence-corrected chi connectivity index (χ2v) is 3.47. The maximum absolute atomic E-state index is 12.5. The predicted molar refractivity (Wildman–Crippen MR) is 63.1 cm³/mol. The van der Waals surface area contributed by atoms with Crippen LogP contribution in [0.4, 0.5) is 14.6 Å². The van der Waals surface area contributed by atoms with E-state index < -0.39 is 6.43 Å². The number of alkyl halides is 2. The van der Waals surface area contributed by atoms with E-state index in [9.17, 15) is 8.78 Å². The van der Waals surface area contributed by atoms with Crippen molar-refractivity contribution in [1.29, 1.82) is 0 Å². The van der Waals surface area contributed by atoms with Crippen molar-refractivity contribution in [2.75, 3.05) is 12.4 Å². The maximum Gasteiger partial charge on any atom is 0.263 e. The van der Waals surface area contributed by atoms with E-state index in [0.29, 0.717) is 11.6 Å². The summed E-state index contributed by atoms with van der Waals surface area (Å²) in [6.07, 6.45) is 0.418. The van der Waals surface area contributed by atoms with Crippen molar-refractivity contribution in [3.05, 3.63) is 42.2 Å². The van der Waals surface area contributed by atoms with Crippen LogP contribution in [0.3, 0.4) is 0 Å². The second kappa shape index (κ2) is 5.39. The Kier molecular flexibility index (Phi) is 3.66. The first-order valence-corrected chi connectivity index (χ1v) is 5.25. The molecule has 2 aromatic rings. The molecular weight excluding hydrogens is 240 g/mol. The minimum atomic E-state index is -2.52. The van der Waals surface area contributed by atoms with E-state index in [0.717, 1.165) is 0 Å². The molecule has 0 unspecified atom stereocenters. The Labute approximate surface area is 103 Å². The molecule has 0 atom stereocenters. The fourth-order valence-electron chi connectivity index (χ4n) is 1.35. The third kappa shape index (κ3) is 2.91. The van der Waals surface area contributed by atoms with Crippen LogP contribution >= 0.6 is 0 Å². The Hall–Kier alpha value is -2.24. The van der Waals surface area contributed by atoms with Crippen molar-refractivity contribution in [3.8, 4) is 11.6 Å². The van der Waals surface area contributed by atoms with Gasteiger partial charge in [-0.2, -0.15) is 4.98 Å². The number of aromatic nitrogens is 2. The van der Waals surface area contributed by atoms with Gasteiger partial charge in [0.2, 0.25) is 5.88 Å². The van der Waals surface area contributed by atoms with Crippen molar-refractivity contribution >= 4 is 5.82 Å². The lowest BCUT2D eigenvalue weighted by Crippen LogP contribution is -1.96. The summed E-state index contributed by atoms with van der Waals surface area (Å²) in [6, 6.07) is 5.71. The van der Waals surface area contributed by atoms with Gasteiger partial charge in [0.15, 0.2) is 0 Å². The zero-order chi connectivity index (χ0) is 13.0. The average molecular weight is 251 g/mol. The Bertz CT molecular complexity index is 534. The molecule has 2 rings (SSSR count). The van der Waals surface area contributed by atoms with E-state index in [1.165, 1.54) is 30.6 Å². The molecule has 0 bridgehead atoms. The first-order chi connectivity index (χ1) is 8.69. The van der Waals surface area contributed by atoms with E-state index in [-0.39, 0.29) is 11.4 Å². The number of rotatable bonds is 4. The van der Waals surface area contributed by atoms with Crippen molar-refractivity contribution in [1.82, 2.24) is 9.97 Å². The van der Waals surface area contributed by atoms with Crippen molar-refractivity contribution in [2.24, 2.45) is 0 Å². The summed E-state index contributed by atoms with van der Waals surface area (Å²) in [5.74, 6) is 1.08. The van der Waals surface area contributed by atoms with Crippen LogP contribution in [0.1, 0.15) is 12.0 Å². The molecule has 1 heterocycles. The molecule has 1 N–H and O–H groups in total. The zero-order valence-corrected chi connectivity index (χ0v) is 9.60. The number of anilines is 1. The zero-order valence-electron chi connectivity index (χ0n) is 9.60. The Balaban J connectivity index is 2.20. The summed E-state index contributed by atoms with van der Waals surface area (Å²) < 4.78 is 30.4. The standard InChI is InChI=1S/C12H11F2N3O/c1-15-10-6-16-7-11(17-10)18-9-4-2-3-8(5-9)12(13)14/h2-7,12H,1H3,(H,15,17). The van der Waals surface area contributed by atoms with Crippen molar-refractivity contribution < 1.29 is 13.5 Å². The number of hydrogen-bond acceptors (Lipinski definition) is 4. The van der Waals surface area contributed by atoms with Gasteiger partial charge in [0.25, 0.3) is 6.43 Å². The molecule has 0 fully saturated rings. The van der Waals surface area contributed by atoms with E-state index in [4.69, 9.17) is 4.74 Å². The van der Waals surface area contributed by atoms with Crippen LogP contribution in [0.2, 0.25) is 0 Å². The molecule has 6 heteroatoms. The van der Waals surface area contributed by atoms with Gasteiger partial charge in [0.05, 0.1) is 12.4 Å². The Morgan fingerprint density at radius 1 is 1.28 bits per heavy atom. The molecule has 0 amide bonds. The Morgan fingerprint density at radius 3 is 2.83 bits per heavy atom. The fourth-order valence-corrected chi connectivity index (χ4v) is 1.35. The highest BCUT2D eigenvalue weighted by atomic mass is 19.3. The molecular formula is C12H11F2N3O. The van der Waals surface area contributed by atoms with Gasteiger partial charge in [-0.05, 0) is 12.1 Å². The van der Waals surface area contributed by atoms with Gasteiger partial charge in [-0.3, -0.25) is 4.98 Å². The third-order valence-corrected chi connectivity index (χ3v) is 2.20. The number of ether oxygens (including phenoxy) is 1.